The van der Waals surface area contributed by atoms with E-state index in [0.717, 1.165) is 37.1 Å². The molecule has 0 aliphatic carbocycles. The second-order valence-electron chi connectivity index (χ2n) is 12.5. The minimum atomic E-state index is -0.880. The van der Waals surface area contributed by atoms with Crippen molar-refractivity contribution < 1.29 is 33.3 Å². The fraction of sp³-hybridized carbons (Fsp3) is 0.529. The van der Waals surface area contributed by atoms with Crippen molar-refractivity contribution in [3.8, 4) is 12.3 Å². The van der Waals surface area contributed by atoms with E-state index in [-0.39, 0.29) is 48.6 Å². The van der Waals surface area contributed by atoms with Crippen molar-refractivity contribution in [2.75, 3.05) is 38.2 Å². The van der Waals surface area contributed by atoms with E-state index < -0.39 is 36.1 Å². The van der Waals surface area contributed by atoms with Gasteiger partial charge in [-0.2, -0.15) is 4.98 Å². The lowest BCUT2D eigenvalue weighted by Crippen LogP contribution is -2.44. The summed E-state index contributed by atoms with van der Waals surface area (Å²) in [7, 11) is 0. The number of hydrogen-bond acceptors (Lipinski definition) is 12. The molecule has 1 aromatic carbocycles. The normalized spacial score (nSPS) is 20.7. The predicted octanol–water partition coefficient (Wildman–Crippen LogP) is 2.71. The molecule has 4 heterocycles. The lowest BCUT2D eigenvalue weighted by atomic mass is 10.0. The van der Waals surface area contributed by atoms with Crippen molar-refractivity contribution in [3.63, 3.8) is 0 Å². The lowest BCUT2D eigenvalue weighted by Gasteiger charge is -2.30. The number of nitrogens with zero attached hydrogens (tertiary/aromatic N) is 4. The number of carbonyl (C=O) groups excluding carboxylic acids is 3. The molecule has 15 nitrogen and oxygen atoms in total. The Hall–Kier alpha value is -4.78. The maximum Gasteiger partial charge on any atom is 0.508 e. The number of ether oxygens (including phenoxy) is 4. The first-order valence-corrected chi connectivity index (χ1v) is 16.5. The molecule has 3 aromatic rings. The summed E-state index contributed by atoms with van der Waals surface area (Å²) in [6, 6.07) is 8.18. The number of piperidine rings is 1. The molecule has 4 atom stereocenters. The van der Waals surface area contributed by atoms with Crippen LogP contribution >= 0.6 is 0 Å². The van der Waals surface area contributed by atoms with Crippen LogP contribution in [0.5, 0.6) is 0 Å². The smallest absolute Gasteiger partial charge is 0.459 e. The van der Waals surface area contributed by atoms with E-state index >= 15 is 0 Å². The molecule has 2 aliphatic rings. The highest BCUT2D eigenvalue weighted by molar-refractivity contribution is 5.91. The highest BCUT2D eigenvalue weighted by atomic mass is 16.7. The summed E-state index contributed by atoms with van der Waals surface area (Å²) in [5.74, 6) is 1.40. The van der Waals surface area contributed by atoms with E-state index in [1.165, 1.54) is 24.2 Å². The van der Waals surface area contributed by atoms with Crippen LogP contribution in [-0.2, 0) is 35.1 Å². The van der Waals surface area contributed by atoms with Gasteiger partial charge in [-0.25, -0.2) is 9.78 Å². The molecule has 2 fully saturated rings. The van der Waals surface area contributed by atoms with E-state index in [4.69, 9.17) is 25.4 Å². The number of imidazole rings is 1. The van der Waals surface area contributed by atoms with Gasteiger partial charge in [0.1, 0.15) is 31.6 Å². The summed E-state index contributed by atoms with van der Waals surface area (Å²) in [5, 5.41) is 6.15. The van der Waals surface area contributed by atoms with Crippen LogP contribution in [0.4, 0.5) is 10.7 Å². The molecule has 262 valence electrons. The molecule has 2 aromatic heterocycles. The van der Waals surface area contributed by atoms with Gasteiger partial charge >= 0.3 is 12.1 Å². The number of carbonyl (C=O) groups is 3. The number of hydrogen-bond donors (Lipinski definition) is 3. The topological polar surface area (TPSA) is 179 Å². The lowest BCUT2D eigenvalue weighted by molar-refractivity contribution is -0.150. The van der Waals surface area contributed by atoms with Crippen molar-refractivity contribution in [1.29, 1.82) is 0 Å². The Bertz CT molecular complexity index is 1710. The van der Waals surface area contributed by atoms with Crippen LogP contribution in [0.2, 0.25) is 0 Å². The van der Waals surface area contributed by atoms with Gasteiger partial charge in [-0.05, 0) is 37.1 Å². The molecule has 0 saturated carbocycles. The zero-order chi connectivity index (χ0) is 34.9. The number of aromatic nitrogens is 4. The summed E-state index contributed by atoms with van der Waals surface area (Å²) in [4.78, 5) is 62.7. The number of amides is 1. The molecule has 1 amide bonds. The highest BCUT2D eigenvalue weighted by Gasteiger charge is 2.40. The summed E-state index contributed by atoms with van der Waals surface area (Å²) < 4.78 is 24.0. The molecule has 2 aliphatic heterocycles. The minimum absolute atomic E-state index is 0.0366. The van der Waals surface area contributed by atoms with Crippen LogP contribution < -0.4 is 16.2 Å². The van der Waals surface area contributed by atoms with E-state index in [1.54, 1.807) is 13.8 Å². The number of esters is 1. The fourth-order valence-electron chi connectivity index (χ4n) is 5.86. The predicted molar refractivity (Wildman–Crippen MR) is 178 cm³/mol. The number of benzene rings is 1. The summed E-state index contributed by atoms with van der Waals surface area (Å²) >= 11 is 0. The monoisotopic (exact) mass is 677 g/mol. The molecule has 15 heteroatoms. The molecular formula is C34H43N7O8. The fourth-order valence-corrected chi connectivity index (χ4v) is 5.86. The van der Waals surface area contributed by atoms with Crippen LogP contribution in [0.15, 0.2) is 35.4 Å². The van der Waals surface area contributed by atoms with Gasteiger partial charge < -0.3 is 24.3 Å². The Kier molecular flexibility index (Phi) is 12.0. The van der Waals surface area contributed by atoms with Gasteiger partial charge in [-0.15, -0.1) is 6.42 Å². The van der Waals surface area contributed by atoms with E-state index in [2.05, 4.69) is 36.4 Å². The number of terminal acetylenes is 1. The molecule has 0 spiro atoms. The first-order valence-electron chi connectivity index (χ1n) is 16.5. The third-order valence-corrected chi connectivity index (χ3v) is 8.42. The summed E-state index contributed by atoms with van der Waals surface area (Å²) in [6.07, 6.45) is 7.23. The first-order chi connectivity index (χ1) is 23.6. The van der Waals surface area contributed by atoms with E-state index in [1.807, 2.05) is 24.3 Å². The van der Waals surface area contributed by atoms with Crippen LogP contribution in [0, 0.1) is 18.3 Å². The van der Waals surface area contributed by atoms with Crippen molar-refractivity contribution in [3.05, 3.63) is 52.1 Å². The number of rotatable bonds is 13. The van der Waals surface area contributed by atoms with Gasteiger partial charge in [-0.3, -0.25) is 34.2 Å². The average molecular weight is 678 g/mol. The highest BCUT2D eigenvalue weighted by Crippen LogP contribution is 2.33. The van der Waals surface area contributed by atoms with Crippen LogP contribution in [-0.4, -0.2) is 93.5 Å². The first kappa shape index (κ1) is 35.5. The Morgan fingerprint density at radius 1 is 1.20 bits per heavy atom. The molecule has 2 saturated heterocycles. The van der Waals surface area contributed by atoms with Crippen LogP contribution in [0.3, 0.4) is 0 Å². The second-order valence-corrected chi connectivity index (χ2v) is 12.5. The SMILES string of the molecule is C#Cc1ccc(CN(CCOC(=O)OCC2OC(n3cnc4c(=O)[nH]c(NC(=O)C(C)C)nc43)CC2OC(C)=O)CC2CCCCN2)cc1. The van der Waals surface area contributed by atoms with Gasteiger partial charge in [0, 0.05) is 50.5 Å². The quantitative estimate of drug-likeness (QED) is 0.178. The zero-order valence-electron chi connectivity index (χ0n) is 28.0. The van der Waals surface area contributed by atoms with Crippen molar-refractivity contribution in [2.45, 2.75) is 77.5 Å². The maximum absolute atomic E-state index is 12.7. The Morgan fingerprint density at radius 2 is 2.00 bits per heavy atom. The molecule has 5 rings (SSSR count). The number of fused-ring (bicyclic) bond motifs is 1. The molecule has 4 unspecified atom stereocenters. The van der Waals surface area contributed by atoms with E-state index in [0.29, 0.717) is 19.1 Å². The third-order valence-electron chi connectivity index (χ3n) is 8.42. The van der Waals surface area contributed by atoms with Crippen LogP contribution in [0.25, 0.3) is 11.2 Å². The molecule has 3 N–H and O–H groups in total. The molecule has 49 heavy (non-hydrogen) atoms. The molecular weight excluding hydrogens is 634 g/mol. The minimum Gasteiger partial charge on any atom is -0.459 e. The van der Waals surface area contributed by atoms with Crippen LogP contribution in [0.1, 0.15) is 63.8 Å². The number of aromatic amines is 1. The Balaban J connectivity index is 1.18. The molecule has 0 radical (unpaired) electrons. The van der Waals surface area contributed by atoms with E-state index in [9.17, 15) is 19.2 Å². The standard InChI is InChI=1S/C34H43N7O8/c1-5-23-9-11-24(12-10-23)17-40(18-25-8-6-7-13-35-25)14-15-46-34(45)47-19-27-26(48-22(4)42)16-28(49-27)41-20-36-29-30(41)37-33(39-32(29)44)38-31(43)21(2)3/h1,9-12,20-21,25-28,35H,6-8,13-19H2,2-4H3,(H2,37,38,39,43,44). The largest absolute Gasteiger partial charge is 0.508 e. The van der Waals surface area contributed by atoms with Gasteiger partial charge in [0.2, 0.25) is 11.9 Å². The maximum atomic E-state index is 12.7. The Morgan fingerprint density at radius 3 is 2.69 bits per heavy atom. The number of H-pyrrole nitrogens is 1. The van der Waals surface area contributed by atoms with Gasteiger partial charge in [0.15, 0.2) is 11.2 Å². The summed E-state index contributed by atoms with van der Waals surface area (Å²) in [5.41, 5.74) is 1.57. The molecule has 0 bridgehead atoms. The number of nitrogens with one attached hydrogen (secondary N) is 3. The summed E-state index contributed by atoms with van der Waals surface area (Å²) in [6.45, 7) is 7.49. The van der Waals surface area contributed by atoms with Crippen molar-refractivity contribution in [1.82, 2.24) is 29.7 Å². The third kappa shape index (κ3) is 9.65. The van der Waals surface area contributed by atoms with Crippen molar-refractivity contribution >= 4 is 35.1 Å². The average Bonchev–Trinajstić information content (AvgIpc) is 3.68. The Labute approximate surface area is 284 Å². The van der Waals surface area contributed by atoms with Crippen molar-refractivity contribution in [2.24, 2.45) is 5.92 Å². The van der Waals surface area contributed by atoms with Gasteiger partial charge in [-0.1, -0.05) is 38.3 Å². The zero-order valence-corrected chi connectivity index (χ0v) is 28.0. The van der Waals surface area contributed by atoms with Gasteiger partial charge in [0.25, 0.3) is 5.56 Å². The second kappa shape index (κ2) is 16.6. The van der Waals surface area contributed by atoms with Gasteiger partial charge in [0.05, 0.1) is 6.33 Å². The number of anilines is 1.